The molecule has 1 fully saturated rings. The van der Waals surface area contributed by atoms with Gasteiger partial charge in [-0.2, -0.15) is 0 Å². The molecule has 2 aromatic carbocycles. The number of anilines is 1. The Kier molecular flexibility index (Phi) is 6.56. The van der Waals surface area contributed by atoms with E-state index >= 15 is 0 Å². The second-order valence-corrected chi connectivity index (χ2v) is 6.80. The van der Waals surface area contributed by atoms with Crippen LogP contribution >= 0.6 is 0 Å². The van der Waals surface area contributed by atoms with Crippen LogP contribution in [0.1, 0.15) is 18.9 Å². The SMILES string of the molecule is CCNC(=O)C[C@@H]1C(=O)N(c2ccc(OC)cc2)C(=O)N1Cc1ccc(OC)cc1. The maximum atomic E-state index is 13.2. The first-order valence-corrected chi connectivity index (χ1v) is 9.66. The summed E-state index contributed by atoms with van der Waals surface area (Å²) in [6.07, 6.45) is -0.0960. The average Bonchev–Trinajstić information content (AvgIpc) is 2.98. The smallest absolute Gasteiger partial charge is 0.332 e. The fourth-order valence-corrected chi connectivity index (χ4v) is 3.36. The van der Waals surface area contributed by atoms with Crippen molar-refractivity contribution in [2.24, 2.45) is 0 Å². The van der Waals surface area contributed by atoms with Crippen molar-refractivity contribution in [2.75, 3.05) is 25.7 Å². The molecule has 0 unspecified atom stereocenters. The lowest BCUT2D eigenvalue weighted by Gasteiger charge is -2.21. The van der Waals surface area contributed by atoms with Crippen LogP contribution in [0.3, 0.4) is 0 Å². The summed E-state index contributed by atoms with van der Waals surface area (Å²) in [5.41, 5.74) is 1.26. The Morgan fingerprint density at radius 1 is 0.967 bits per heavy atom. The summed E-state index contributed by atoms with van der Waals surface area (Å²) in [6, 6.07) is 12.6. The number of nitrogens with one attached hydrogen (secondary N) is 1. The largest absolute Gasteiger partial charge is 0.497 e. The number of imide groups is 1. The first-order chi connectivity index (χ1) is 14.5. The van der Waals surface area contributed by atoms with Crippen molar-refractivity contribution in [1.82, 2.24) is 10.2 Å². The lowest BCUT2D eigenvalue weighted by molar-refractivity contribution is -0.127. The molecule has 1 N–H and O–H groups in total. The highest BCUT2D eigenvalue weighted by Gasteiger charge is 2.46. The van der Waals surface area contributed by atoms with E-state index in [1.54, 1.807) is 57.5 Å². The highest BCUT2D eigenvalue weighted by Crippen LogP contribution is 2.29. The predicted molar refractivity (Wildman–Crippen MR) is 112 cm³/mol. The molecule has 4 amide bonds. The molecule has 158 valence electrons. The van der Waals surface area contributed by atoms with Crippen molar-refractivity contribution >= 4 is 23.5 Å². The summed E-state index contributed by atoms with van der Waals surface area (Å²) in [6.45, 7) is 2.46. The molecule has 1 atom stereocenters. The van der Waals surface area contributed by atoms with Crippen LogP contribution in [0, 0.1) is 0 Å². The van der Waals surface area contributed by atoms with Gasteiger partial charge in [-0.15, -0.1) is 0 Å². The molecule has 8 nitrogen and oxygen atoms in total. The van der Waals surface area contributed by atoms with E-state index in [1.165, 1.54) is 4.90 Å². The van der Waals surface area contributed by atoms with Gasteiger partial charge in [0.25, 0.3) is 5.91 Å². The van der Waals surface area contributed by atoms with Gasteiger partial charge in [-0.1, -0.05) is 12.1 Å². The first kappa shape index (κ1) is 21.2. The Balaban J connectivity index is 1.89. The van der Waals surface area contributed by atoms with Crippen LogP contribution < -0.4 is 19.7 Å². The van der Waals surface area contributed by atoms with Gasteiger partial charge >= 0.3 is 6.03 Å². The summed E-state index contributed by atoms with van der Waals surface area (Å²) >= 11 is 0. The maximum absolute atomic E-state index is 13.2. The molecule has 0 aliphatic carbocycles. The summed E-state index contributed by atoms with van der Waals surface area (Å²) < 4.78 is 10.3. The Morgan fingerprint density at radius 2 is 1.53 bits per heavy atom. The first-order valence-electron chi connectivity index (χ1n) is 9.66. The molecule has 1 saturated heterocycles. The quantitative estimate of drug-likeness (QED) is 0.675. The fraction of sp³-hybridized carbons (Fsp3) is 0.318. The number of rotatable bonds is 8. The van der Waals surface area contributed by atoms with E-state index in [9.17, 15) is 14.4 Å². The third kappa shape index (κ3) is 4.37. The Bertz CT molecular complexity index is 911. The van der Waals surface area contributed by atoms with Crippen LogP contribution in [0.4, 0.5) is 10.5 Å². The topological polar surface area (TPSA) is 88.2 Å². The van der Waals surface area contributed by atoms with E-state index in [0.717, 1.165) is 10.5 Å². The summed E-state index contributed by atoms with van der Waals surface area (Å²) in [7, 11) is 3.12. The average molecular weight is 411 g/mol. The van der Waals surface area contributed by atoms with Gasteiger partial charge in [-0.3, -0.25) is 9.59 Å². The second-order valence-electron chi connectivity index (χ2n) is 6.80. The van der Waals surface area contributed by atoms with Crippen LogP contribution in [0.5, 0.6) is 11.5 Å². The minimum atomic E-state index is -0.881. The van der Waals surface area contributed by atoms with Gasteiger partial charge in [0.15, 0.2) is 0 Å². The lowest BCUT2D eigenvalue weighted by atomic mass is 10.1. The maximum Gasteiger partial charge on any atom is 0.332 e. The van der Waals surface area contributed by atoms with Crippen LogP contribution in [-0.4, -0.2) is 49.6 Å². The zero-order chi connectivity index (χ0) is 21.7. The molecule has 0 aromatic heterocycles. The number of ether oxygens (including phenoxy) is 2. The number of carbonyl (C=O) groups is 3. The number of nitrogens with zero attached hydrogens (tertiary/aromatic N) is 2. The Morgan fingerprint density at radius 3 is 2.07 bits per heavy atom. The molecule has 1 heterocycles. The molecule has 3 rings (SSSR count). The Labute approximate surface area is 175 Å². The fourth-order valence-electron chi connectivity index (χ4n) is 3.36. The number of urea groups is 1. The van der Waals surface area contributed by atoms with E-state index in [1.807, 2.05) is 12.1 Å². The molecule has 30 heavy (non-hydrogen) atoms. The van der Waals surface area contributed by atoms with Gasteiger partial charge in [-0.25, -0.2) is 9.69 Å². The van der Waals surface area contributed by atoms with Crippen LogP contribution in [0.25, 0.3) is 0 Å². The van der Waals surface area contributed by atoms with Crippen molar-refractivity contribution in [3.05, 3.63) is 54.1 Å². The molecule has 2 aromatic rings. The van der Waals surface area contributed by atoms with Gasteiger partial charge < -0.3 is 19.7 Å². The number of benzene rings is 2. The zero-order valence-corrected chi connectivity index (χ0v) is 17.3. The summed E-state index contributed by atoms with van der Waals surface area (Å²) in [4.78, 5) is 41.1. The van der Waals surface area contributed by atoms with Crippen molar-refractivity contribution in [2.45, 2.75) is 25.9 Å². The standard InChI is InChI=1S/C22H25N3O5/c1-4-23-20(26)13-19-21(27)25(16-7-11-18(30-3)12-8-16)22(28)24(19)14-15-5-9-17(29-2)10-6-15/h5-12,19H,4,13-14H2,1-3H3,(H,23,26)/t19-/m1/s1. The van der Waals surface area contributed by atoms with E-state index in [-0.39, 0.29) is 18.9 Å². The van der Waals surface area contributed by atoms with Gasteiger partial charge in [-0.05, 0) is 48.9 Å². The third-order valence-electron chi connectivity index (χ3n) is 4.91. The lowest BCUT2D eigenvalue weighted by Crippen LogP contribution is -2.39. The Hall–Kier alpha value is -3.55. The molecule has 0 bridgehead atoms. The van der Waals surface area contributed by atoms with Gasteiger partial charge in [0.1, 0.15) is 17.5 Å². The van der Waals surface area contributed by atoms with Crippen LogP contribution in [0.2, 0.25) is 0 Å². The molecule has 0 spiro atoms. The van der Waals surface area contributed by atoms with Crippen molar-refractivity contribution in [3.63, 3.8) is 0 Å². The van der Waals surface area contributed by atoms with Crippen molar-refractivity contribution in [1.29, 1.82) is 0 Å². The minimum Gasteiger partial charge on any atom is -0.497 e. The zero-order valence-electron chi connectivity index (χ0n) is 17.3. The highest BCUT2D eigenvalue weighted by atomic mass is 16.5. The molecule has 1 aliphatic rings. The number of methoxy groups -OCH3 is 2. The van der Waals surface area contributed by atoms with Gasteiger partial charge in [0.05, 0.1) is 26.3 Å². The van der Waals surface area contributed by atoms with E-state index < -0.39 is 18.0 Å². The van der Waals surface area contributed by atoms with Gasteiger partial charge in [0, 0.05) is 13.1 Å². The van der Waals surface area contributed by atoms with Crippen molar-refractivity contribution < 1.29 is 23.9 Å². The molecular weight excluding hydrogens is 386 g/mol. The normalized spacial score (nSPS) is 16.0. The molecule has 0 radical (unpaired) electrons. The van der Waals surface area contributed by atoms with E-state index in [2.05, 4.69) is 5.32 Å². The van der Waals surface area contributed by atoms with Gasteiger partial charge in [0.2, 0.25) is 5.91 Å². The summed E-state index contributed by atoms with van der Waals surface area (Å²) in [5, 5.41) is 2.70. The molecule has 1 aliphatic heterocycles. The van der Waals surface area contributed by atoms with Crippen molar-refractivity contribution in [3.8, 4) is 11.5 Å². The molecular formula is C22H25N3O5. The number of carbonyl (C=O) groups excluding carboxylic acids is 3. The number of hydrogen-bond donors (Lipinski definition) is 1. The highest BCUT2D eigenvalue weighted by molar-refractivity contribution is 6.22. The third-order valence-corrected chi connectivity index (χ3v) is 4.91. The number of hydrogen-bond acceptors (Lipinski definition) is 5. The van der Waals surface area contributed by atoms with E-state index in [0.29, 0.717) is 23.7 Å². The second kappa shape index (κ2) is 9.30. The minimum absolute atomic E-state index is 0.0960. The van der Waals surface area contributed by atoms with E-state index in [4.69, 9.17) is 9.47 Å². The monoisotopic (exact) mass is 411 g/mol. The van der Waals surface area contributed by atoms with Crippen LogP contribution in [0.15, 0.2) is 48.5 Å². The molecule has 8 heteroatoms. The number of amides is 4. The van der Waals surface area contributed by atoms with Crippen LogP contribution in [-0.2, 0) is 16.1 Å². The summed E-state index contributed by atoms with van der Waals surface area (Å²) in [5.74, 6) is 0.609. The molecule has 0 saturated carbocycles. The predicted octanol–water partition coefficient (Wildman–Crippen LogP) is 2.57.